The lowest BCUT2D eigenvalue weighted by molar-refractivity contribution is 0.0785. The molecule has 0 aliphatic carbocycles. The van der Waals surface area contributed by atoms with Gasteiger partial charge >= 0.3 is 0 Å². The van der Waals surface area contributed by atoms with E-state index in [2.05, 4.69) is 12.6 Å². The summed E-state index contributed by atoms with van der Waals surface area (Å²) in [5, 5.41) is 0.677. The molecule has 0 saturated carbocycles. The molecule has 0 bridgehead atoms. The van der Waals surface area contributed by atoms with E-state index in [9.17, 15) is 4.79 Å². The molecule has 0 atom stereocenters. The lowest BCUT2D eigenvalue weighted by Gasteiger charge is -2.17. The third-order valence-corrected chi connectivity index (χ3v) is 3.26. The molecular weight excluding hydrogens is 278 g/mol. The zero-order valence-electron chi connectivity index (χ0n) is 10.5. The predicted octanol–water partition coefficient (Wildman–Crippen LogP) is 3.90. The van der Waals surface area contributed by atoms with Crippen LogP contribution in [0.5, 0.6) is 0 Å². The van der Waals surface area contributed by atoms with Crippen molar-refractivity contribution in [3.05, 3.63) is 64.7 Å². The molecule has 0 fully saturated rings. The molecule has 0 spiro atoms. The van der Waals surface area contributed by atoms with Crippen molar-refractivity contribution < 1.29 is 4.79 Å². The summed E-state index contributed by atoms with van der Waals surface area (Å²) in [4.78, 5) is 14.7. The van der Waals surface area contributed by atoms with E-state index in [0.717, 1.165) is 10.5 Å². The van der Waals surface area contributed by atoms with Crippen molar-refractivity contribution >= 4 is 30.1 Å². The number of nitrogens with zero attached hydrogens (tertiary/aromatic N) is 1. The Balaban J connectivity index is 2.12. The Hall–Kier alpha value is -1.45. The topological polar surface area (TPSA) is 20.3 Å². The molecule has 0 unspecified atom stereocenters. The van der Waals surface area contributed by atoms with Gasteiger partial charge in [0.05, 0.1) is 0 Å². The van der Waals surface area contributed by atoms with Crippen LogP contribution in [0.3, 0.4) is 0 Å². The van der Waals surface area contributed by atoms with Gasteiger partial charge < -0.3 is 4.90 Å². The molecule has 4 heteroatoms. The van der Waals surface area contributed by atoms with Gasteiger partial charge in [-0.1, -0.05) is 29.8 Å². The summed E-state index contributed by atoms with van der Waals surface area (Å²) >= 11 is 10.2. The number of amides is 1. The first-order valence-electron chi connectivity index (χ1n) is 5.85. The number of thiol groups is 1. The minimum absolute atomic E-state index is 0.0316. The zero-order valence-corrected chi connectivity index (χ0v) is 12.2. The molecule has 1 amide bonds. The van der Waals surface area contributed by atoms with Crippen molar-refractivity contribution in [1.82, 2.24) is 4.90 Å². The summed E-state index contributed by atoms with van der Waals surface area (Å²) in [7, 11) is 1.77. The summed E-state index contributed by atoms with van der Waals surface area (Å²) in [6.07, 6.45) is 0. The Kier molecular flexibility index (Phi) is 4.51. The van der Waals surface area contributed by atoms with E-state index >= 15 is 0 Å². The van der Waals surface area contributed by atoms with Crippen molar-refractivity contribution in [2.45, 2.75) is 11.4 Å². The van der Waals surface area contributed by atoms with Gasteiger partial charge in [0.2, 0.25) is 0 Å². The van der Waals surface area contributed by atoms with E-state index in [1.54, 1.807) is 24.1 Å². The zero-order chi connectivity index (χ0) is 13.8. The summed E-state index contributed by atoms with van der Waals surface area (Å²) in [5.41, 5.74) is 1.64. The molecule has 0 N–H and O–H groups in total. The smallest absolute Gasteiger partial charge is 0.253 e. The second kappa shape index (κ2) is 6.13. The van der Waals surface area contributed by atoms with Crippen LogP contribution < -0.4 is 0 Å². The minimum atomic E-state index is -0.0316. The third kappa shape index (κ3) is 3.75. The molecule has 98 valence electrons. The number of halogens is 1. The van der Waals surface area contributed by atoms with Crippen molar-refractivity contribution in [3.63, 3.8) is 0 Å². The lowest BCUT2D eigenvalue weighted by Crippen LogP contribution is -2.26. The molecular formula is C15H14ClNOS. The lowest BCUT2D eigenvalue weighted by atomic mass is 10.1. The van der Waals surface area contributed by atoms with Crippen molar-refractivity contribution in [1.29, 1.82) is 0 Å². The quantitative estimate of drug-likeness (QED) is 0.851. The van der Waals surface area contributed by atoms with Crippen LogP contribution in [0.2, 0.25) is 5.02 Å². The van der Waals surface area contributed by atoms with Gasteiger partial charge in [0, 0.05) is 29.1 Å². The Morgan fingerprint density at radius 2 is 1.95 bits per heavy atom. The molecule has 0 saturated heterocycles. The van der Waals surface area contributed by atoms with Crippen LogP contribution in [0.15, 0.2) is 53.4 Å². The SMILES string of the molecule is CN(Cc1cccc(Cl)c1)C(=O)c1cccc(S)c1. The average Bonchev–Trinajstić information content (AvgIpc) is 2.38. The highest BCUT2D eigenvalue weighted by Gasteiger charge is 2.12. The molecule has 2 rings (SSSR count). The molecule has 2 aromatic rings. The van der Waals surface area contributed by atoms with Crippen molar-refractivity contribution in [2.75, 3.05) is 7.05 Å². The van der Waals surface area contributed by atoms with Crippen LogP contribution in [0.25, 0.3) is 0 Å². The number of carbonyl (C=O) groups excluding carboxylic acids is 1. The van der Waals surface area contributed by atoms with Crippen molar-refractivity contribution in [3.8, 4) is 0 Å². The van der Waals surface area contributed by atoms with Gasteiger partial charge in [-0.05, 0) is 35.9 Å². The highest BCUT2D eigenvalue weighted by atomic mass is 35.5. The Bertz CT molecular complexity index is 600. The number of benzene rings is 2. The summed E-state index contributed by atoms with van der Waals surface area (Å²) in [6, 6.07) is 14.7. The largest absolute Gasteiger partial charge is 0.337 e. The Labute approximate surface area is 123 Å². The van der Waals surface area contributed by atoms with Crippen molar-refractivity contribution in [2.24, 2.45) is 0 Å². The molecule has 0 aromatic heterocycles. The molecule has 2 nitrogen and oxygen atoms in total. The van der Waals surface area contributed by atoms with Crippen LogP contribution in [-0.4, -0.2) is 17.9 Å². The molecule has 2 aromatic carbocycles. The van der Waals surface area contributed by atoms with E-state index in [1.807, 2.05) is 36.4 Å². The van der Waals surface area contributed by atoms with E-state index in [0.29, 0.717) is 17.1 Å². The number of hydrogen-bond acceptors (Lipinski definition) is 2. The standard InChI is InChI=1S/C15H14ClNOS/c1-17(10-11-4-2-6-13(16)8-11)15(18)12-5-3-7-14(19)9-12/h2-9,19H,10H2,1H3. The number of rotatable bonds is 3. The van der Waals surface area contributed by atoms with E-state index in [1.165, 1.54) is 0 Å². The van der Waals surface area contributed by atoms with E-state index < -0.39 is 0 Å². The fourth-order valence-electron chi connectivity index (χ4n) is 1.84. The first-order valence-corrected chi connectivity index (χ1v) is 6.68. The van der Waals surface area contributed by atoms with Crippen LogP contribution in [0.1, 0.15) is 15.9 Å². The summed E-state index contributed by atoms with van der Waals surface area (Å²) in [5.74, 6) is -0.0316. The fraction of sp³-hybridized carbons (Fsp3) is 0.133. The van der Waals surface area contributed by atoms with Gasteiger partial charge in [-0.2, -0.15) is 0 Å². The average molecular weight is 292 g/mol. The monoisotopic (exact) mass is 291 g/mol. The summed E-state index contributed by atoms with van der Waals surface area (Å²) in [6.45, 7) is 0.524. The molecule has 0 heterocycles. The highest BCUT2D eigenvalue weighted by Crippen LogP contribution is 2.15. The summed E-state index contributed by atoms with van der Waals surface area (Å²) < 4.78 is 0. The highest BCUT2D eigenvalue weighted by molar-refractivity contribution is 7.80. The second-order valence-electron chi connectivity index (χ2n) is 4.34. The maximum Gasteiger partial charge on any atom is 0.253 e. The van der Waals surface area contributed by atoms with Gasteiger partial charge in [0.15, 0.2) is 0 Å². The maximum absolute atomic E-state index is 12.2. The fourth-order valence-corrected chi connectivity index (χ4v) is 2.28. The van der Waals surface area contributed by atoms with Crippen LogP contribution in [0.4, 0.5) is 0 Å². The Morgan fingerprint density at radius 1 is 1.21 bits per heavy atom. The predicted molar refractivity (Wildman–Crippen MR) is 80.9 cm³/mol. The van der Waals surface area contributed by atoms with Gasteiger partial charge in [-0.25, -0.2) is 0 Å². The van der Waals surface area contributed by atoms with Crippen LogP contribution in [-0.2, 0) is 6.54 Å². The van der Waals surface area contributed by atoms with Gasteiger partial charge in [-0.15, -0.1) is 12.6 Å². The van der Waals surface area contributed by atoms with E-state index in [4.69, 9.17) is 11.6 Å². The molecule has 0 aliphatic rings. The normalized spacial score (nSPS) is 10.3. The van der Waals surface area contributed by atoms with Gasteiger partial charge in [0.1, 0.15) is 0 Å². The molecule has 0 radical (unpaired) electrons. The minimum Gasteiger partial charge on any atom is -0.337 e. The number of carbonyl (C=O) groups is 1. The first kappa shape index (κ1) is 14.0. The second-order valence-corrected chi connectivity index (χ2v) is 5.29. The first-order chi connectivity index (χ1) is 9.06. The Morgan fingerprint density at radius 3 is 2.63 bits per heavy atom. The van der Waals surface area contributed by atoms with Gasteiger partial charge in [0.25, 0.3) is 5.91 Å². The van der Waals surface area contributed by atoms with Crippen LogP contribution in [0, 0.1) is 0 Å². The molecule has 19 heavy (non-hydrogen) atoms. The van der Waals surface area contributed by atoms with Crippen LogP contribution >= 0.6 is 24.2 Å². The van der Waals surface area contributed by atoms with Gasteiger partial charge in [-0.3, -0.25) is 4.79 Å². The third-order valence-electron chi connectivity index (χ3n) is 2.75. The van der Waals surface area contributed by atoms with E-state index in [-0.39, 0.29) is 5.91 Å². The maximum atomic E-state index is 12.2. The molecule has 0 aliphatic heterocycles. The number of hydrogen-bond donors (Lipinski definition) is 1.